The van der Waals surface area contributed by atoms with Crippen molar-refractivity contribution in [3.8, 4) is 5.75 Å². The largest absolute Gasteiger partial charge is 0.494 e. The number of aryl methyl sites for hydroxylation is 1. The lowest BCUT2D eigenvalue weighted by atomic mass is 10.1. The molecule has 1 N–H and O–H groups in total. The van der Waals surface area contributed by atoms with Crippen molar-refractivity contribution >= 4 is 10.9 Å². The number of hydrogen-bond donors (Lipinski definition) is 1. The Hall–Kier alpha value is -1.61. The van der Waals surface area contributed by atoms with Crippen LogP contribution in [0.5, 0.6) is 5.75 Å². The Kier molecular flexibility index (Phi) is 3.88. The summed E-state index contributed by atoms with van der Waals surface area (Å²) in [5.41, 5.74) is 3.33. The summed E-state index contributed by atoms with van der Waals surface area (Å²) in [5, 5.41) is 4.88. The lowest BCUT2D eigenvalue weighted by Gasteiger charge is -2.14. The van der Waals surface area contributed by atoms with Crippen molar-refractivity contribution < 1.29 is 4.74 Å². The third-order valence-electron chi connectivity index (χ3n) is 4.17. The maximum absolute atomic E-state index is 5.43. The van der Waals surface area contributed by atoms with E-state index in [2.05, 4.69) is 22.4 Å². The van der Waals surface area contributed by atoms with Crippen molar-refractivity contribution in [3.05, 3.63) is 35.5 Å². The van der Waals surface area contributed by atoms with E-state index in [0.717, 1.165) is 23.5 Å². The fraction of sp³-hybridized carbons (Fsp3) is 0.471. The Morgan fingerprint density at radius 2 is 2.10 bits per heavy atom. The molecule has 3 rings (SSSR count). The van der Waals surface area contributed by atoms with Crippen molar-refractivity contribution in [2.75, 3.05) is 7.11 Å². The van der Waals surface area contributed by atoms with E-state index < -0.39 is 0 Å². The van der Waals surface area contributed by atoms with Crippen LogP contribution in [0.2, 0.25) is 0 Å². The molecule has 3 heteroatoms. The topological polar surface area (TPSA) is 34.1 Å². The Morgan fingerprint density at radius 1 is 1.30 bits per heavy atom. The van der Waals surface area contributed by atoms with Gasteiger partial charge in [0.05, 0.1) is 7.11 Å². The average Bonchev–Trinajstić information content (AvgIpc) is 2.97. The lowest BCUT2D eigenvalue weighted by Crippen LogP contribution is -2.25. The molecule has 0 saturated heterocycles. The molecular weight excluding hydrogens is 248 g/mol. The van der Waals surface area contributed by atoms with Gasteiger partial charge in [-0.3, -0.25) is 0 Å². The molecule has 0 atom stereocenters. The first-order valence-corrected chi connectivity index (χ1v) is 7.44. The second kappa shape index (κ2) is 5.80. The van der Waals surface area contributed by atoms with Crippen molar-refractivity contribution in [2.45, 2.75) is 45.2 Å². The molecule has 0 spiro atoms. The summed E-state index contributed by atoms with van der Waals surface area (Å²) in [4.78, 5) is 4.63. The normalized spacial score (nSPS) is 15.9. The second-order valence-electron chi connectivity index (χ2n) is 5.64. The van der Waals surface area contributed by atoms with Crippen molar-refractivity contribution in [2.24, 2.45) is 0 Å². The number of fused-ring (bicyclic) bond motifs is 1. The highest BCUT2D eigenvalue weighted by atomic mass is 16.5. The van der Waals surface area contributed by atoms with Gasteiger partial charge in [0.25, 0.3) is 0 Å². The summed E-state index contributed by atoms with van der Waals surface area (Å²) < 4.78 is 5.43. The molecule has 1 aromatic carbocycles. The SMILES string of the molecule is COc1cccc2c(CNC3CCCC3)cc(C)nc12. The molecule has 3 nitrogen and oxygen atoms in total. The molecule has 106 valence electrons. The van der Waals surface area contributed by atoms with E-state index in [4.69, 9.17) is 4.74 Å². The van der Waals surface area contributed by atoms with E-state index in [1.54, 1.807) is 7.11 Å². The first kappa shape index (κ1) is 13.4. The summed E-state index contributed by atoms with van der Waals surface area (Å²) in [6.07, 6.45) is 5.35. The van der Waals surface area contributed by atoms with Gasteiger partial charge in [-0.25, -0.2) is 4.98 Å². The number of ether oxygens (including phenoxy) is 1. The molecule has 1 aliphatic rings. The Labute approximate surface area is 120 Å². The van der Waals surface area contributed by atoms with E-state index >= 15 is 0 Å². The average molecular weight is 270 g/mol. The number of para-hydroxylation sites is 1. The number of methoxy groups -OCH3 is 1. The van der Waals surface area contributed by atoms with E-state index in [0.29, 0.717) is 6.04 Å². The van der Waals surface area contributed by atoms with Crippen LogP contribution in [-0.2, 0) is 6.54 Å². The molecule has 0 aliphatic heterocycles. The predicted molar refractivity (Wildman–Crippen MR) is 82.1 cm³/mol. The van der Waals surface area contributed by atoms with Gasteiger partial charge in [0.1, 0.15) is 11.3 Å². The molecular formula is C17H22N2O. The second-order valence-corrected chi connectivity index (χ2v) is 5.64. The van der Waals surface area contributed by atoms with Gasteiger partial charge in [-0.1, -0.05) is 25.0 Å². The van der Waals surface area contributed by atoms with E-state index in [9.17, 15) is 0 Å². The standard InChI is InChI=1S/C17H22N2O/c1-12-10-13(11-18-14-6-3-4-7-14)15-8-5-9-16(20-2)17(15)19-12/h5,8-10,14,18H,3-4,6-7,11H2,1-2H3. The molecule has 1 aliphatic carbocycles. The van der Waals surface area contributed by atoms with Gasteiger partial charge in [-0.15, -0.1) is 0 Å². The zero-order valence-electron chi connectivity index (χ0n) is 12.3. The molecule has 1 saturated carbocycles. The van der Waals surface area contributed by atoms with Crippen molar-refractivity contribution in [1.29, 1.82) is 0 Å². The summed E-state index contributed by atoms with van der Waals surface area (Å²) >= 11 is 0. The number of rotatable bonds is 4. The van der Waals surface area contributed by atoms with Crippen molar-refractivity contribution in [3.63, 3.8) is 0 Å². The number of pyridine rings is 1. The van der Waals surface area contributed by atoms with Crippen molar-refractivity contribution in [1.82, 2.24) is 10.3 Å². The van der Waals surface area contributed by atoms with E-state index in [1.807, 2.05) is 19.1 Å². The van der Waals surface area contributed by atoms with Crippen LogP contribution in [0.4, 0.5) is 0 Å². The molecule has 20 heavy (non-hydrogen) atoms. The molecule has 1 heterocycles. The number of aromatic nitrogens is 1. The van der Waals surface area contributed by atoms with Crippen LogP contribution in [0, 0.1) is 6.92 Å². The fourth-order valence-corrected chi connectivity index (χ4v) is 3.13. The highest BCUT2D eigenvalue weighted by molar-refractivity contribution is 5.87. The third-order valence-corrected chi connectivity index (χ3v) is 4.17. The Balaban J connectivity index is 1.92. The first-order valence-electron chi connectivity index (χ1n) is 7.44. The first-order chi connectivity index (χ1) is 9.78. The molecule has 1 fully saturated rings. The van der Waals surface area contributed by atoms with Gasteiger partial charge in [-0.2, -0.15) is 0 Å². The monoisotopic (exact) mass is 270 g/mol. The maximum Gasteiger partial charge on any atom is 0.145 e. The molecule has 0 amide bonds. The highest BCUT2D eigenvalue weighted by Gasteiger charge is 2.15. The van der Waals surface area contributed by atoms with Crippen LogP contribution in [0.1, 0.15) is 36.9 Å². The van der Waals surface area contributed by atoms with E-state index in [-0.39, 0.29) is 0 Å². The Morgan fingerprint density at radius 3 is 2.85 bits per heavy atom. The smallest absolute Gasteiger partial charge is 0.145 e. The lowest BCUT2D eigenvalue weighted by molar-refractivity contribution is 0.419. The highest BCUT2D eigenvalue weighted by Crippen LogP contribution is 2.27. The van der Waals surface area contributed by atoms with Crippen LogP contribution in [0.15, 0.2) is 24.3 Å². The molecule has 2 aromatic rings. The quantitative estimate of drug-likeness (QED) is 0.922. The van der Waals surface area contributed by atoms with Crippen LogP contribution >= 0.6 is 0 Å². The minimum Gasteiger partial charge on any atom is -0.494 e. The summed E-state index contributed by atoms with van der Waals surface area (Å²) in [5.74, 6) is 0.855. The van der Waals surface area contributed by atoms with Gasteiger partial charge >= 0.3 is 0 Å². The number of nitrogens with one attached hydrogen (secondary N) is 1. The number of benzene rings is 1. The minimum absolute atomic E-state index is 0.684. The van der Waals surface area contributed by atoms with Crippen LogP contribution in [0.3, 0.4) is 0 Å². The maximum atomic E-state index is 5.43. The minimum atomic E-state index is 0.684. The zero-order chi connectivity index (χ0) is 13.9. The zero-order valence-corrected chi connectivity index (χ0v) is 12.3. The van der Waals surface area contributed by atoms with Gasteiger partial charge in [-0.05, 0) is 37.5 Å². The van der Waals surface area contributed by atoms with Crippen LogP contribution in [-0.4, -0.2) is 18.1 Å². The van der Waals surface area contributed by atoms with Gasteiger partial charge in [0.15, 0.2) is 0 Å². The summed E-state index contributed by atoms with van der Waals surface area (Å²) in [7, 11) is 1.70. The third kappa shape index (κ3) is 2.63. The summed E-state index contributed by atoms with van der Waals surface area (Å²) in [6.45, 7) is 2.96. The molecule has 1 aromatic heterocycles. The van der Waals surface area contributed by atoms with Crippen LogP contribution in [0.25, 0.3) is 10.9 Å². The van der Waals surface area contributed by atoms with Gasteiger partial charge < -0.3 is 10.1 Å². The molecule has 0 radical (unpaired) electrons. The number of hydrogen-bond acceptors (Lipinski definition) is 3. The number of nitrogens with zero attached hydrogens (tertiary/aromatic N) is 1. The summed E-state index contributed by atoms with van der Waals surface area (Å²) in [6, 6.07) is 9.02. The fourth-order valence-electron chi connectivity index (χ4n) is 3.13. The Bertz CT molecular complexity index is 603. The van der Waals surface area contributed by atoms with Gasteiger partial charge in [0.2, 0.25) is 0 Å². The molecule has 0 unspecified atom stereocenters. The molecule has 0 bridgehead atoms. The van der Waals surface area contributed by atoms with Crippen LogP contribution < -0.4 is 10.1 Å². The predicted octanol–water partition coefficient (Wildman–Crippen LogP) is 3.58. The van der Waals surface area contributed by atoms with Gasteiger partial charge in [0, 0.05) is 23.7 Å². The van der Waals surface area contributed by atoms with E-state index in [1.165, 1.54) is 36.6 Å².